The van der Waals surface area contributed by atoms with Crippen molar-refractivity contribution in [1.82, 2.24) is 20.0 Å². The Kier molecular flexibility index (Phi) is 15.1. The predicted molar refractivity (Wildman–Crippen MR) is 102 cm³/mol. The average Bonchev–Trinajstić information content (AvgIpc) is 2.63. The van der Waals surface area contributed by atoms with E-state index in [0.717, 1.165) is 24.5 Å². The SMILES string of the molecule is C.CCN1CCN(C(=O)O)CC1=O.CCN1CCNCC1=O.COC(=O)Cl. The molecule has 0 spiro atoms. The standard InChI is InChI=1S/C7H12N2O3.C6H12N2O.C2H3ClO2.CH4/c1-2-8-3-4-9(7(11)12)5-6(8)10;1-2-8-4-3-7-5-6(8)9;1-5-2(3)4;/h2-5H2,1H3,(H,11,12);7H,2-5H2,1H3;1H3;1H4. The number of carbonyl (C=O) groups is 4. The quantitative estimate of drug-likeness (QED) is 0.649. The molecule has 0 atom stereocenters. The number of rotatable bonds is 2. The van der Waals surface area contributed by atoms with Gasteiger partial charge in [-0.2, -0.15) is 0 Å². The topological polar surface area (TPSA) is 119 Å². The largest absolute Gasteiger partial charge is 0.465 e. The van der Waals surface area contributed by atoms with Crippen molar-refractivity contribution in [2.45, 2.75) is 21.3 Å². The van der Waals surface area contributed by atoms with Crippen LogP contribution in [0.3, 0.4) is 0 Å². The lowest BCUT2D eigenvalue weighted by molar-refractivity contribution is -0.135. The van der Waals surface area contributed by atoms with Crippen LogP contribution in [0, 0.1) is 0 Å². The Balaban J connectivity index is 0. The highest BCUT2D eigenvalue weighted by Crippen LogP contribution is 2.02. The van der Waals surface area contributed by atoms with Gasteiger partial charge in [-0.3, -0.25) is 14.5 Å². The number of carboxylic acid groups (broad SMARTS) is 1. The molecule has 2 N–H and O–H groups in total. The summed E-state index contributed by atoms with van der Waals surface area (Å²) in [6.45, 7) is 8.67. The van der Waals surface area contributed by atoms with Crippen LogP contribution in [0.4, 0.5) is 9.59 Å². The molecule has 2 saturated heterocycles. The molecule has 3 amide bonds. The van der Waals surface area contributed by atoms with Crippen LogP contribution in [-0.2, 0) is 14.3 Å². The normalized spacial score (nSPS) is 16.2. The van der Waals surface area contributed by atoms with Crippen molar-refractivity contribution in [3.63, 3.8) is 0 Å². The van der Waals surface area contributed by atoms with Crippen LogP contribution >= 0.6 is 11.6 Å². The van der Waals surface area contributed by atoms with Crippen molar-refractivity contribution < 1.29 is 29.0 Å². The number of piperazine rings is 2. The van der Waals surface area contributed by atoms with Gasteiger partial charge in [-0.25, -0.2) is 9.59 Å². The molecule has 0 saturated carbocycles. The molecule has 0 bridgehead atoms. The summed E-state index contributed by atoms with van der Waals surface area (Å²) in [5.41, 5.74) is -0.773. The lowest BCUT2D eigenvalue weighted by atomic mass is 10.3. The fourth-order valence-corrected chi connectivity index (χ4v) is 2.19. The van der Waals surface area contributed by atoms with Gasteiger partial charge in [0, 0.05) is 50.9 Å². The summed E-state index contributed by atoms with van der Waals surface area (Å²) < 4.78 is 3.88. The minimum Gasteiger partial charge on any atom is -0.465 e. The molecule has 0 unspecified atom stereocenters. The molecule has 10 nitrogen and oxygen atoms in total. The third-order valence-corrected chi connectivity index (χ3v) is 3.85. The zero-order valence-electron chi connectivity index (χ0n) is 15.4. The van der Waals surface area contributed by atoms with Crippen LogP contribution in [0.5, 0.6) is 0 Å². The van der Waals surface area contributed by atoms with E-state index < -0.39 is 11.5 Å². The Bertz CT molecular complexity index is 492. The number of methoxy groups -OCH3 is 1. The highest BCUT2D eigenvalue weighted by molar-refractivity contribution is 6.61. The monoisotopic (exact) mass is 410 g/mol. The molecule has 2 fully saturated rings. The van der Waals surface area contributed by atoms with Gasteiger partial charge >= 0.3 is 11.5 Å². The molecule has 2 rings (SSSR count). The van der Waals surface area contributed by atoms with Gasteiger partial charge in [-0.15, -0.1) is 0 Å². The molecule has 0 radical (unpaired) electrons. The van der Waals surface area contributed by atoms with E-state index in [0.29, 0.717) is 26.2 Å². The second-order valence-electron chi connectivity index (χ2n) is 5.27. The number of hydrogen-bond acceptors (Lipinski definition) is 6. The Hall–Kier alpha value is -2.07. The van der Waals surface area contributed by atoms with Crippen molar-refractivity contribution in [2.75, 3.05) is 59.5 Å². The van der Waals surface area contributed by atoms with Crippen LogP contribution in [0.1, 0.15) is 21.3 Å². The lowest BCUT2D eigenvalue weighted by Crippen LogP contribution is -2.51. The summed E-state index contributed by atoms with van der Waals surface area (Å²) in [5, 5.41) is 11.6. The molecule has 2 aliphatic rings. The molecule has 2 heterocycles. The zero-order chi connectivity index (χ0) is 20.1. The molecule has 0 aromatic rings. The van der Waals surface area contributed by atoms with E-state index in [4.69, 9.17) is 5.11 Å². The van der Waals surface area contributed by atoms with Crippen molar-refractivity contribution in [3.05, 3.63) is 0 Å². The average molecular weight is 411 g/mol. The third-order valence-electron chi connectivity index (χ3n) is 3.70. The first-order valence-corrected chi connectivity index (χ1v) is 8.62. The number of ether oxygens (including phenoxy) is 1. The minimum atomic E-state index is -1.01. The first kappa shape index (κ1) is 27.2. The maximum atomic E-state index is 11.2. The molecule has 0 aromatic carbocycles. The van der Waals surface area contributed by atoms with E-state index in [1.807, 2.05) is 18.7 Å². The van der Waals surface area contributed by atoms with Gasteiger partial charge in [0.2, 0.25) is 11.8 Å². The van der Waals surface area contributed by atoms with Gasteiger partial charge in [0.1, 0.15) is 6.54 Å². The second kappa shape index (κ2) is 15.0. The number of carbonyl (C=O) groups excluding carboxylic acids is 3. The van der Waals surface area contributed by atoms with Gasteiger partial charge in [0.25, 0.3) is 0 Å². The fraction of sp³-hybridized carbons (Fsp3) is 0.750. The molecule has 158 valence electrons. The van der Waals surface area contributed by atoms with Gasteiger partial charge < -0.3 is 25.0 Å². The van der Waals surface area contributed by atoms with E-state index in [1.165, 1.54) is 7.11 Å². The molecule has 0 aromatic heterocycles. The first-order valence-electron chi connectivity index (χ1n) is 8.24. The molecule has 2 aliphatic heterocycles. The predicted octanol–water partition coefficient (Wildman–Crippen LogP) is 0.894. The second-order valence-corrected chi connectivity index (χ2v) is 5.58. The number of likely N-dealkylation sites (N-methyl/N-ethyl adjacent to an activating group) is 2. The van der Waals surface area contributed by atoms with Crippen molar-refractivity contribution in [2.24, 2.45) is 0 Å². The number of halogens is 1. The summed E-state index contributed by atoms with van der Waals surface area (Å²) in [6.07, 6.45) is -1.01. The van der Waals surface area contributed by atoms with E-state index in [2.05, 4.69) is 21.7 Å². The number of nitrogens with zero attached hydrogens (tertiary/aromatic N) is 3. The highest BCUT2D eigenvalue weighted by Gasteiger charge is 2.25. The van der Waals surface area contributed by atoms with Crippen LogP contribution in [0.2, 0.25) is 0 Å². The third kappa shape index (κ3) is 11.3. The Labute approximate surface area is 165 Å². The highest BCUT2D eigenvalue weighted by atomic mass is 35.5. The van der Waals surface area contributed by atoms with Gasteiger partial charge in [-0.05, 0) is 13.8 Å². The number of amides is 3. The Morgan fingerprint density at radius 1 is 1.11 bits per heavy atom. The lowest BCUT2D eigenvalue weighted by Gasteiger charge is -2.31. The minimum absolute atomic E-state index is 0. The summed E-state index contributed by atoms with van der Waals surface area (Å²) in [4.78, 5) is 46.5. The maximum absolute atomic E-state index is 11.2. The molecule has 0 aliphatic carbocycles. The molecular weight excluding hydrogens is 380 g/mol. The number of hydrogen-bond donors (Lipinski definition) is 2. The Morgan fingerprint density at radius 2 is 1.63 bits per heavy atom. The van der Waals surface area contributed by atoms with Crippen LogP contribution in [0.25, 0.3) is 0 Å². The van der Waals surface area contributed by atoms with Crippen LogP contribution in [-0.4, -0.2) is 103 Å². The molecule has 27 heavy (non-hydrogen) atoms. The van der Waals surface area contributed by atoms with Gasteiger partial charge in [0.15, 0.2) is 0 Å². The van der Waals surface area contributed by atoms with Gasteiger partial charge in [0.05, 0.1) is 13.7 Å². The number of nitrogens with one attached hydrogen (secondary N) is 1. The molecule has 11 heteroatoms. The van der Waals surface area contributed by atoms with E-state index >= 15 is 0 Å². The smallest absolute Gasteiger partial charge is 0.407 e. The van der Waals surface area contributed by atoms with Crippen LogP contribution < -0.4 is 5.32 Å². The summed E-state index contributed by atoms with van der Waals surface area (Å²) in [7, 11) is 1.22. The summed E-state index contributed by atoms with van der Waals surface area (Å²) in [6, 6.07) is 0. The van der Waals surface area contributed by atoms with Crippen molar-refractivity contribution in [3.8, 4) is 0 Å². The van der Waals surface area contributed by atoms with E-state index in [9.17, 15) is 19.2 Å². The zero-order valence-corrected chi connectivity index (χ0v) is 16.1. The summed E-state index contributed by atoms with van der Waals surface area (Å²) in [5.74, 6) is 0.120. The van der Waals surface area contributed by atoms with E-state index in [1.54, 1.807) is 4.90 Å². The van der Waals surface area contributed by atoms with Crippen molar-refractivity contribution in [1.29, 1.82) is 0 Å². The van der Waals surface area contributed by atoms with Crippen LogP contribution in [0.15, 0.2) is 0 Å². The fourth-order valence-electron chi connectivity index (χ4n) is 2.19. The maximum Gasteiger partial charge on any atom is 0.407 e. The van der Waals surface area contributed by atoms with Gasteiger partial charge in [-0.1, -0.05) is 7.43 Å². The first-order chi connectivity index (χ1) is 12.3. The molecular formula is C16H31ClN4O6. The summed E-state index contributed by atoms with van der Waals surface area (Å²) >= 11 is 4.60. The van der Waals surface area contributed by atoms with Crippen molar-refractivity contribution >= 4 is 34.9 Å². The van der Waals surface area contributed by atoms with E-state index in [-0.39, 0.29) is 25.8 Å². The Morgan fingerprint density at radius 3 is 1.96 bits per heavy atom.